The van der Waals surface area contributed by atoms with Gasteiger partial charge in [-0.15, -0.1) is 0 Å². The van der Waals surface area contributed by atoms with Gasteiger partial charge in [0.15, 0.2) is 11.5 Å². The Morgan fingerprint density at radius 2 is 1.72 bits per heavy atom. The number of benzene rings is 3. The van der Waals surface area contributed by atoms with Gasteiger partial charge in [0.2, 0.25) is 6.79 Å². The van der Waals surface area contributed by atoms with E-state index in [1.165, 1.54) is 11.8 Å². The molecule has 6 rings (SSSR count). The number of ether oxygens (including phenoxy) is 4. The SMILES string of the molecule is O=C(O)c1ccc(CCN2C(=O)/C(=C/c3cc(-c4ccc5c(c4)OCO5)ccc3OCCN3CCOCC3)SC2=S)cc1. The number of fused-ring (bicyclic) bond motifs is 1. The molecule has 0 atom stereocenters. The summed E-state index contributed by atoms with van der Waals surface area (Å²) < 4.78 is 23.2. The van der Waals surface area contributed by atoms with E-state index in [1.807, 2.05) is 42.5 Å². The number of carboxylic acids is 1. The number of hydrogen-bond donors (Lipinski definition) is 1. The number of thioether (sulfide) groups is 1. The number of thiocarbonyl (C=S) groups is 1. The third-order valence-corrected chi connectivity index (χ3v) is 8.85. The fourth-order valence-electron chi connectivity index (χ4n) is 5.05. The quantitative estimate of drug-likeness (QED) is 0.249. The molecule has 3 aromatic rings. The molecule has 0 spiro atoms. The van der Waals surface area contributed by atoms with Gasteiger partial charge in [-0.2, -0.15) is 0 Å². The molecule has 2 fully saturated rings. The Bertz CT molecular complexity index is 1570. The number of hydrogen-bond acceptors (Lipinski definition) is 9. The second-order valence-electron chi connectivity index (χ2n) is 10.2. The number of nitrogens with zero attached hydrogens (tertiary/aromatic N) is 2. The smallest absolute Gasteiger partial charge is 0.335 e. The van der Waals surface area contributed by atoms with E-state index in [2.05, 4.69) is 4.90 Å². The zero-order chi connectivity index (χ0) is 29.8. The van der Waals surface area contributed by atoms with Gasteiger partial charge in [-0.3, -0.25) is 14.6 Å². The van der Waals surface area contributed by atoms with E-state index in [0.717, 1.165) is 55.1 Å². The Kier molecular flexibility index (Phi) is 8.94. The first-order valence-corrected chi connectivity index (χ1v) is 15.2. The van der Waals surface area contributed by atoms with Crippen LogP contribution < -0.4 is 14.2 Å². The molecule has 1 N–H and O–H groups in total. The Hall–Kier alpha value is -3.90. The molecule has 0 saturated carbocycles. The first-order valence-electron chi connectivity index (χ1n) is 14.0. The minimum absolute atomic E-state index is 0.162. The molecule has 0 aromatic heterocycles. The first-order chi connectivity index (χ1) is 20.9. The number of amides is 1. The second-order valence-corrected chi connectivity index (χ2v) is 11.9. The maximum absolute atomic E-state index is 13.5. The zero-order valence-corrected chi connectivity index (χ0v) is 25.0. The minimum Gasteiger partial charge on any atom is -0.492 e. The minimum atomic E-state index is -0.972. The highest BCUT2D eigenvalue weighted by Gasteiger charge is 2.32. The summed E-state index contributed by atoms with van der Waals surface area (Å²) in [5, 5.41) is 9.14. The van der Waals surface area contributed by atoms with Crippen LogP contribution in [0.4, 0.5) is 0 Å². The van der Waals surface area contributed by atoms with E-state index in [-0.39, 0.29) is 18.3 Å². The van der Waals surface area contributed by atoms with Gasteiger partial charge in [0, 0.05) is 31.7 Å². The standard InChI is InChI=1S/C32H30N2O7S2/c35-30-29(43-32(42)34(30)10-9-21-1-3-22(4-2-21)31(36)37)19-25-17-23(24-6-8-27-28(18-24)41-20-40-27)5-7-26(25)39-16-13-33-11-14-38-15-12-33/h1-8,17-19H,9-16,20H2,(H,36,37)/b29-19-. The summed E-state index contributed by atoms with van der Waals surface area (Å²) in [6.45, 7) is 5.10. The summed E-state index contributed by atoms with van der Waals surface area (Å²) in [5.41, 5.74) is 3.84. The predicted molar refractivity (Wildman–Crippen MR) is 168 cm³/mol. The molecule has 3 aliphatic heterocycles. The largest absolute Gasteiger partial charge is 0.492 e. The molecule has 9 nitrogen and oxygen atoms in total. The van der Waals surface area contributed by atoms with Crippen LogP contribution in [0.5, 0.6) is 17.2 Å². The van der Waals surface area contributed by atoms with Crippen LogP contribution in [0.15, 0.2) is 65.6 Å². The van der Waals surface area contributed by atoms with Crippen molar-refractivity contribution in [3.8, 4) is 28.4 Å². The van der Waals surface area contributed by atoms with Crippen molar-refractivity contribution in [1.82, 2.24) is 9.80 Å². The Labute approximate surface area is 259 Å². The number of rotatable bonds is 10. The van der Waals surface area contributed by atoms with Crippen LogP contribution in [0, 0.1) is 0 Å². The van der Waals surface area contributed by atoms with E-state index in [9.17, 15) is 9.59 Å². The molecule has 1 amide bonds. The van der Waals surface area contributed by atoms with Crippen molar-refractivity contribution in [3.63, 3.8) is 0 Å². The number of carbonyl (C=O) groups excluding carboxylic acids is 1. The molecule has 11 heteroatoms. The van der Waals surface area contributed by atoms with Crippen molar-refractivity contribution in [3.05, 3.63) is 82.3 Å². The maximum Gasteiger partial charge on any atom is 0.335 e. The topological polar surface area (TPSA) is 97.8 Å². The lowest BCUT2D eigenvalue weighted by Gasteiger charge is -2.26. The summed E-state index contributed by atoms with van der Waals surface area (Å²) in [5.74, 6) is 0.962. The lowest BCUT2D eigenvalue weighted by molar-refractivity contribution is -0.122. The van der Waals surface area contributed by atoms with Crippen molar-refractivity contribution in [2.75, 3.05) is 52.8 Å². The van der Waals surface area contributed by atoms with Gasteiger partial charge >= 0.3 is 5.97 Å². The molecular formula is C32H30N2O7S2. The number of carbonyl (C=O) groups is 2. The molecule has 222 valence electrons. The summed E-state index contributed by atoms with van der Waals surface area (Å²) in [6.07, 6.45) is 2.40. The number of morpholine rings is 1. The van der Waals surface area contributed by atoms with Crippen LogP contribution in [0.2, 0.25) is 0 Å². The summed E-state index contributed by atoms with van der Waals surface area (Å²) in [4.78, 5) is 29.1. The molecule has 0 aliphatic carbocycles. The third-order valence-electron chi connectivity index (χ3n) is 7.47. The van der Waals surface area contributed by atoms with Crippen LogP contribution in [-0.4, -0.2) is 83.9 Å². The lowest BCUT2D eigenvalue weighted by Crippen LogP contribution is -2.38. The van der Waals surface area contributed by atoms with Gasteiger partial charge in [-0.05, 0) is 65.6 Å². The Morgan fingerprint density at radius 1 is 0.977 bits per heavy atom. The van der Waals surface area contributed by atoms with E-state index >= 15 is 0 Å². The van der Waals surface area contributed by atoms with Gasteiger partial charge in [-0.1, -0.05) is 48.2 Å². The highest BCUT2D eigenvalue weighted by atomic mass is 32.2. The number of aromatic carboxylic acids is 1. The predicted octanol–water partition coefficient (Wildman–Crippen LogP) is 4.94. The number of carboxylic acid groups (broad SMARTS) is 1. The Balaban J connectivity index is 1.21. The first kappa shape index (κ1) is 29.2. The van der Waals surface area contributed by atoms with Crippen molar-refractivity contribution in [2.45, 2.75) is 6.42 Å². The molecular weight excluding hydrogens is 588 g/mol. The zero-order valence-electron chi connectivity index (χ0n) is 23.3. The van der Waals surface area contributed by atoms with E-state index in [4.69, 9.17) is 36.3 Å². The van der Waals surface area contributed by atoms with Crippen molar-refractivity contribution >= 4 is 46.3 Å². The van der Waals surface area contributed by atoms with Crippen LogP contribution in [-0.2, 0) is 16.0 Å². The van der Waals surface area contributed by atoms with Crippen molar-refractivity contribution < 1.29 is 33.6 Å². The van der Waals surface area contributed by atoms with Gasteiger partial charge in [0.1, 0.15) is 16.7 Å². The van der Waals surface area contributed by atoms with Crippen LogP contribution in [0.25, 0.3) is 17.2 Å². The highest BCUT2D eigenvalue weighted by molar-refractivity contribution is 8.26. The molecule has 43 heavy (non-hydrogen) atoms. The fraction of sp³-hybridized carbons (Fsp3) is 0.281. The van der Waals surface area contributed by atoms with Crippen molar-refractivity contribution in [1.29, 1.82) is 0 Å². The van der Waals surface area contributed by atoms with Crippen LogP contribution >= 0.6 is 24.0 Å². The monoisotopic (exact) mass is 618 g/mol. The van der Waals surface area contributed by atoms with Gasteiger partial charge in [0.25, 0.3) is 5.91 Å². The maximum atomic E-state index is 13.5. The van der Waals surface area contributed by atoms with Crippen LogP contribution in [0.1, 0.15) is 21.5 Å². The van der Waals surface area contributed by atoms with Crippen molar-refractivity contribution in [2.24, 2.45) is 0 Å². The molecule has 2 saturated heterocycles. The summed E-state index contributed by atoms with van der Waals surface area (Å²) in [7, 11) is 0. The summed E-state index contributed by atoms with van der Waals surface area (Å²) >= 11 is 6.85. The fourth-order valence-corrected chi connectivity index (χ4v) is 6.35. The molecule has 3 aliphatic rings. The highest BCUT2D eigenvalue weighted by Crippen LogP contribution is 2.39. The van der Waals surface area contributed by atoms with E-state index < -0.39 is 5.97 Å². The average molecular weight is 619 g/mol. The molecule has 0 unspecified atom stereocenters. The average Bonchev–Trinajstić information content (AvgIpc) is 3.60. The molecule has 3 aromatic carbocycles. The molecule has 0 radical (unpaired) electrons. The van der Waals surface area contributed by atoms with Gasteiger partial charge < -0.3 is 24.1 Å². The molecule has 3 heterocycles. The van der Waals surface area contributed by atoms with E-state index in [1.54, 1.807) is 29.2 Å². The van der Waals surface area contributed by atoms with Crippen LogP contribution in [0.3, 0.4) is 0 Å². The Morgan fingerprint density at radius 3 is 2.51 bits per heavy atom. The third kappa shape index (κ3) is 6.86. The molecule has 0 bridgehead atoms. The van der Waals surface area contributed by atoms with Gasteiger partial charge in [0.05, 0.1) is 23.7 Å². The normalized spacial score (nSPS) is 17.6. The summed E-state index contributed by atoms with van der Waals surface area (Å²) in [6, 6.07) is 18.4. The van der Waals surface area contributed by atoms with Gasteiger partial charge in [-0.25, -0.2) is 4.79 Å². The van der Waals surface area contributed by atoms with E-state index in [0.29, 0.717) is 46.0 Å². The lowest BCUT2D eigenvalue weighted by atomic mass is 10.0. The second kappa shape index (κ2) is 13.2.